The lowest BCUT2D eigenvalue weighted by Gasteiger charge is -2.33. The summed E-state index contributed by atoms with van der Waals surface area (Å²) >= 11 is 0. The van der Waals surface area contributed by atoms with Crippen LogP contribution in [-0.2, 0) is 18.2 Å². The van der Waals surface area contributed by atoms with Crippen molar-refractivity contribution < 1.29 is 14.1 Å². The van der Waals surface area contributed by atoms with Crippen LogP contribution in [0.15, 0.2) is 10.6 Å². The Balaban J connectivity index is 1.74. The Labute approximate surface area is 140 Å². The van der Waals surface area contributed by atoms with Gasteiger partial charge in [0.2, 0.25) is 5.89 Å². The second-order valence-corrected chi connectivity index (χ2v) is 5.78. The summed E-state index contributed by atoms with van der Waals surface area (Å²) in [6.07, 6.45) is 1.89. The van der Waals surface area contributed by atoms with Gasteiger partial charge < -0.3 is 14.2 Å². The average Bonchev–Trinajstić information content (AvgIpc) is 3.14. The Morgan fingerprint density at radius 3 is 3.04 bits per heavy atom. The summed E-state index contributed by atoms with van der Waals surface area (Å²) in [7, 11) is 1.81. The Morgan fingerprint density at radius 2 is 2.33 bits per heavy atom. The number of urea groups is 1. The van der Waals surface area contributed by atoms with Crippen LogP contribution in [0.5, 0.6) is 0 Å². The molecule has 24 heavy (non-hydrogen) atoms. The van der Waals surface area contributed by atoms with Gasteiger partial charge in [-0.2, -0.15) is 10.1 Å². The highest BCUT2D eigenvalue weighted by atomic mass is 16.5. The number of morpholine rings is 1. The molecular weight excluding hydrogens is 312 g/mol. The van der Waals surface area contributed by atoms with E-state index >= 15 is 0 Å². The Bertz CT molecular complexity index is 710. The van der Waals surface area contributed by atoms with E-state index in [1.165, 1.54) is 0 Å². The number of aromatic nitrogens is 4. The summed E-state index contributed by atoms with van der Waals surface area (Å²) in [5.74, 6) is 1.59. The van der Waals surface area contributed by atoms with Crippen LogP contribution in [0.25, 0.3) is 0 Å². The van der Waals surface area contributed by atoms with Crippen molar-refractivity contribution in [1.82, 2.24) is 24.8 Å². The number of amides is 2. The third-order valence-electron chi connectivity index (χ3n) is 3.90. The van der Waals surface area contributed by atoms with Crippen LogP contribution in [0, 0.1) is 6.92 Å². The summed E-state index contributed by atoms with van der Waals surface area (Å²) in [5.41, 5.74) is 0.961. The van der Waals surface area contributed by atoms with Gasteiger partial charge in [-0.1, -0.05) is 18.5 Å². The smallest absolute Gasteiger partial charge is 0.323 e. The molecule has 1 atom stereocenters. The fraction of sp³-hybridized carbons (Fsp3) is 0.600. The van der Waals surface area contributed by atoms with Gasteiger partial charge in [0.25, 0.3) is 0 Å². The second-order valence-electron chi connectivity index (χ2n) is 5.78. The van der Waals surface area contributed by atoms with E-state index in [4.69, 9.17) is 9.26 Å². The third-order valence-corrected chi connectivity index (χ3v) is 3.90. The van der Waals surface area contributed by atoms with Gasteiger partial charge in [0.15, 0.2) is 5.82 Å². The number of nitrogens with one attached hydrogen (secondary N) is 1. The third kappa shape index (κ3) is 3.40. The van der Waals surface area contributed by atoms with Gasteiger partial charge in [-0.25, -0.2) is 4.79 Å². The van der Waals surface area contributed by atoms with Crippen molar-refractivity contribution in [2.45, 2.75) is 32.7 Å². The Hall–Kier alpha value is -2.42. The lowest BCUT2D eigenvalue weighted by molar-refractivity contribution is 0.0110. The van der Waals surface area contributed by atoms with Gasteiger partial charge >= 0.3 is 6.03 Å². The van der Waals surface area contributed by atoms with Crippen molar-refractivity contribution in [3.8, 4) is 0 Å². The second kappa shape index (κ2) is 7.00. The minimum Gasteiger partial charge on any atom is -0.377 e. The van der Waals surface area contributed by atoms with Crippen LogP contribution in [0.2, 0.25) is 0 Å². The molecule has 1 N–H and O–H groups in total. The number of carbonyl (C=O) groups excluding carboxylic acids is 1. The molecule has 3 rings (SSSR count). The molecule has 0 saturated carbocycles. The minimum absolute atomic E-state index is 0.225. The van der Waals surface area contributed by atoms with E-state index in [0.717, 1.165) is 18.5 Å². The molecular formula is C15H22N6O3. The van der Waals surface area contributed by atoms with Gasteiger partial charge in [0, 0.05) is 26.6 Å². The van der Waals surface area contributed by atoms with E-state index in [-0.39, 0.29) is 12.1 Å². The van der Waals surface area contributed by atoms with E-state index in [1.54, 1.807) is 16.5 Å². The van der Waals surface area contributed by atoms with E-state index in [0.29, 0.717) is 37.3 Å². The number of hydrogen-bond donors (Lipinski definition) is 1. The van der Waals surface area contributed by atoms with E-state index in [9.17, 15) is 4.79 Å². The zero-order valence-electron chi connectivity index (χ0n) is 14.2. The molecule has 9 heteroatoms. The topological polar surface area (TPSA) is 98.3 Å². The minimum atomic E-state index is -0.362. The molecule has 130 valence electrons. The number of aryl methyl sites for hydroxylation is 3. The molecule has 1 aliphatic rings. The first-order valence-corrected chi connectivity index (χ1v) is 8.07. The largest absolute Gasteiger partial charge is 0.377 e. The molecule has 2 aromatic rings. The predicted molar refractivity (Wildman–Crippen MR) is 85.5 cm³/mol. The number of nitrogens with zero attached hydrogens (tertiary/aromatic N) is 5. The molecule has 2 aromatic heterocycles. The van der Waals surface area contributed by atoms with Gasteiger partial charge in [-0.15, -0.1) is 0 Å². The maximum atomic E-state index is 12.7. The summed E-state index contributed by atoms with van der Waals surface area (Å²) in [5, 5.41) is 11.2. The average molecular weight is 334 g/mol. The molecule has 0 aliphatic carbocycles. The van der Waals surface area contributed by atoms with E-state index in [2.05, 4.69) is 27.5 Å². The van der Waals surface area contributed by atoms with Crippen molar-refractivity contribution in [2.24, 2.45) is 7.05 Å². The van der Waals surface area contributed by atoms with Crippen LogP contribution in [0.1, 0.15) is 36.8 Å². The molecule has 1 unspecified atom stereocenters. The number of hydrogen-bond acceptors (Lipinski definition) is 6. The fourth-order valence-corrected chi connectivity index (χ4v) is 2.71. The number of anilines is 1. The molecule has 2 amide bonds. The van der Waals surface area contributed by atoms with Crippen molar-refractivity contribution in [1.29, 1.82) is 0 Å². The monoisotopic (exact) mass is 334 g/mol. The van der Waals surface area contributed by atoms with Gasteiger partial charge in [-0.3, -0.25) is 10.00 Å². The highest BCUT2D eigenvalue weighted by molar-refractivity contribution is 5.88. The SMILES string of the molecule is CCCc1cc(NC(=O)N2CCOCC2c2noc(C)n2)n(C)n1. The number of rotatable bonds is 4. The number of ether oxygens (including phenoxy) is 1. The Morgan fingerprint density at radius 1 is 1.50 bits per heavy atom. The van der Waals surface area contributed by atoms with Crippen molar-refractivity contribution >= 4 is 11.8 Å². The van der Waals surface area contributed by atoms with Crippen LogP contribution in [0.4, 0.5) is 10.6 Å². The normalized spacial score (nSPS) is 18.0. The van der Waals surface area contributed by atoms with Crippen LogP contribution < -0.4 is 5.32 Å². The first-order chi connectivity index (χ1) is 11.6. The highest BCUT2D eigenvalue weighted by Crippen LogP contribution is 2.23. The molecule has 3 heterocycles. The first kappa shape index (κ1) is 16.4. The van der Waals surface area contributed by atoms with Crippen LogP contribution >= 0.6 is 0 Å². The molecule has 1 saturated heterocycles. The van der Waals surface area contributed by atoms with E-state index < -0.39 is 0 Å². The lowest BCUT2D eigenvalue weighted by Crippen LogP contribution is -2.46. The molecule has 0 bridgehead atoms. The number of carbonyl (C=O) groups is 1. The quantitative estimate of drug-likeness (QED) is 0.913. The highest BCUT2D eigenvalue weighted by Gasteiger charge is 2.32. The summed E-state index contributed by atoms with van der Waals surface area (Å²) < 4.78 is 12.2. The zero-order valence-corrected chi connectivity index (χ0v) is 14.2. The summed E-state index contributed by atoms with van der Waals surface area (Å²) in [6.45, 7) is 5.10. The van der Waals surface area contributed by atoms with Gasteiger partial charge in [0.05, 0.1) is 18.9 Å². The van der Waals surface area contributed by atoms with Crippen molar-refractivity contribution in [3.63, 3.8) is 0 Å². The Kier molecular flexibility index (Phi) is 4.79. The molecule has 1 fully saturated rings. The maximum absolute atomic E-state index is 12.7. The van der Waals surface area contributed by atoms with Gasteiger partial charge in [-0.05, 0) is 6.42 Å². The van der Waals surface area contributed by atoms with E-state index in [1.807, 2.05) is 13.1 Å². The standard InChI is InChI=1S/C15H22N6O3/c1-4-5-11-8-13(20(3)18-11)17-15(22)21-6-7-23-9-12(21)14-16-10(2)24-19-14/h8,12H,4-7,9H2,1-3H3,(H,17,22). The maximum Gasteiger partial charge on any atom is 0.323 e. The molecule has 1 aliphatic heterocycles. The molecule has 9 nitrogen and oxygen atoms in total. The molecule has 0 aromatic carbocycles. The predicted octanol–water partition coefficient (Wildman–Crippen LogP) is 1.67. The van der Waals surface area contributed by atoms with Crippen LogP contribution in [-0.4, -0.2) is 50.6 Å². The van der Waals surface area contributed by atoms with Crippen molar-refractivity contribution in [2.75, 3.05) is 25.1 Å². The molecule has 0 radical (unpaired) electrons. The van der Waals surface area contributed by atoms with Crippen molar-refractivity contribution in [3.05, 3.63) is 23.5 Å². The summed E-state index contributed by atoms with van der Waals surface area (Å²) in [6, 6.07) is 1.31. The van der Waals surface area contributed by atoms with Gasteiger partial charge in [0.1, 0.15) is 11.9 Å². The first-order valence-electron chi connectivity index (χ1n) is 8.07. The lowest BCUT2D eigenvalue weighted by atomic mass is 10.2. The summed E-state index contributed by atoms with van der Waals surface area (Å²) in [4.78, 5) is 18.6. The molecule has 0 spiro atoms. The van der Waals surface area contributed by atoms with Crippen LogP contribution in [0.3, 0.4) is 0 Å². The fourth-order valence-electron chi connectivity index (χ4n) is 2.71. The zero-order chi connectivity index (χ0) is 17.1.